The van der Waals surface area contributed by atoms with Gasteiger partial charge in [-0.2, -0.15) is 16.3 Å². The molecule has 7 heteroatoms. The second kappa shape index (κ2) is 7.72. The Hall–Kier alpha value is -1.99. The number of nitrogens with zero attached hydrogens (tertiary/aromatic N) is 2. The SMILES string of the molecule is CNc1ncc(C(=N)c2ccsc2)c(NCC2CCC(N)CC2)n1. The van der Waals surface area contributed by atoms with E-state index in [1.54, 1.807) is 24.6 Å². The highest BCUT2D eigenvalue weighted by molar-refractivity contribution is 7.08. The summed E-state index contributed by atoms with van der Waals surface area (Å²) >= 11 is 1.59. The van der Waals surface area contributed by atoms with E-state index in [1.807, 2.05) is 16.8 Å². The van der Waals surface area contributed by atoms with Gasteiger partial charge < -0.3 is 16.4 Å². The van der Waals surface area contributed by atoms with Crippen molar-refractivity contribution in [1.82, 2.24) is 9.97 Å². The van der Waals surface area contributed by atoms with Gasteiger partial charge >= 0.3 is 0 Å². The second-order valence-electron chi connectivity index (χ2n) is 6.25. The van der Waals surface area contributed by atoms with Gasteiger partial charge in [0, 0.05) is 36.8 Å². The highest BCUT2D eigenvalue weighted by atomic mass is 32.1. The van der Waals surface area contributed by atoms with Crippen LogP contribution < -0.4 is 16.4 Å². The molecule has 0 aliphatic heterocycles. The Morgan fingerprint density at radius 1 is 1.38 bits per heavy atom. The van der Waals surface area contributed by atoms with Crippen LogP contribution in [0.1, 0.15) is 36.8 Å². The van der Waals surface area contributed by atoms with E-state index in [1.165, 1.54) is 0 Å². The quantitative estimate of drug-likeness (QED) is 0.604. The molecule has 1 aliphatic rings. The van der Waals surface area contributed by atoms with Gasteiger partial charge in [0.25, 0.3) is 0 Å². The van der Waals surface area contributed by atoms with Crippen molar-refractivity contribution in [3.05, 3.63) is 34.2 Å². The molecule has 0 aromatic carbocycles. The van der Waals surface area contributed by atoms with Gasteiger partial charge in [-0.3, -0.25) is 5.41 Å². The van der Waals surface area contributed by atoms with Crippen molar-refractivity contribution in [3.8, 4) is 0 Å². The Balaban J connectivity index is 1.76. The van der Waals surface area contributed by atoms with Crippen molar-refractivity contribution in [1.29, 1.82) is 5.41 Å². The summed E-state index contributed by atoms with van der Waals surface area (Å²) in [6.45, 7) is 0.858. The largest absolute Gasteiger partial charge is 0.369 e. The van der Waals surface area contributed by atoms with Crippen molar-refractivity contribution < 1.29 is 0 Å². The lowest BCUT2D eigenvalue weighted by molar-refractivity contribution is 0.338. The molecule has 6 nitrogen and oxygen atoms in total. The van der Waals surface area contributed by atoms with E-state index in [-0.39, 0.29) is 0 Å². The molecule has 0 radical (unpaired) electrons. The van der Waals surface area contributed by atoms with E-state index in [2.05, 4.69) is 20.6 Å². The summed E-state index contributed by atoms with van der Waals surface area (Å²) in [6.07, 6.45) is 6.20. The Morgan fingerprint density at radius 3 is 2.83 bits per heavy atom. The molecule has 3 rings (SSSR count). The maximum atomic E-state index is 8.45. The molecule has 0 spiro atoms. The minimum absolute atomic E-state index is 0.360. The summed E-state index contributed by atoms with van der Waals surface area (Å²) in [4.78, 5) is 8.80. The maximum Gasteiger partial charge on any atom is 0.224 e. The standard InChI is InChI=1S/C17H24N6S/c1-20-17-22-9-14(15(19)12-6-7-24-10-12)16(23-17)21-8-11-2-4-13(18)5-3-11/h6-7,9-11,13,19H,2-5,8,18H2,1H3,(H2,20,21,22,23). The lowest BCUT2D eigenvalue weighted by atomic mass is 9.86. The number of nitrogens with one attached hydrogen (secondary N) is 3. The lowest BCUT2D eigenvalue weighted by Crippen LogP contribution is -2.29. The molecule has 128 valence electrons. The Bertz CT molecular complexity index is 676. The molecule has 0 saturated heterocycles. The minimum atomic E-state index is 0.360. The molecule has 0 bridgehead atoms. The van der Waals surface area contributed by atoms with Crippen LogP contribution in [0.5, 0.6) is 0 Å². The summed E-state index contributed by atoms with van der Waals surface area (Å²) in [5, 5.41) is 18.8. The van der Waals surface area contributed by atoms with Crippen LogP contribution in [0.2, 0.25) is 0 Å². The molecular weight excluding hydrogens is 320 g/mol. The van der Waals surface area contributed by atoms with Crippen molar-refractivity contribution in [2.24, 2.45) is 11.7 Å². The van der Waals surface area contributed by atoms with Crippen LogP contribution in [0.4, 0.5) is 11.8 Å². The average molecular weight is 344 g/mol. The number of hydrogen-bond donors (Lipinski definition) is 4. The first-order valence-corrected chi connectivity index (χ1v) is 9.27. The molecule has 2 aromatic rings. The van der Waals surface area contributed by atoms with E-state index in [0.29, 0.717) is 23.6 Å². The van der Waals surface area contributed by atoms with Gasteiger partial charge in [-0.15, -0.1) is 0 Å². The third-order valence-electron chi connectivity index (χ3n) is 4.54. The Labute approximate surface area is 146 Å². The van der Waals surface area contributed by atoms with E-state index < -0.39 is 0 Å². The van der Waals surface area contributed by atoms with Crippen LogP contribution in [0.15, 0.2) is 23.0 Å². The van der Waals surface area contributed by atoms with Gasteiger partial charge in [-0.1, -0.05) is 0 Å². The summed E-state index contributed by atoms with van der Waals surface area (Å²) in [6, 6.07) is 2.31. The highest BCUT2D eigenvalue weighted by Crippen LogP contribution is 2.25. The first kappa shape index (κ1) is 16.9. The minimum Gasteiger partial charge on any atom is -0.369 e. The van der Waals surface area contributed by atoms with Crippen LogP contribution in [0, 0.1) is 11.3 Å². The van der Waals surface area contributed by atoms with Gasteiger partial charge in [-0.05, 0) is 43.0 Å². The normalized spacial score (nSPS) is 20.6. The predicted molar refractivity (Wildman–Crippen MR) is 100 cm³/mol. The second-order valence-corrected chi connectivity index (χ2v) is 7.03. The molecule has 1 aliphatic carbocycles. The fourth-order valence-electron chi connectivity index (χ4n) is 3.02. The summed E-state index contributed by atoms with van der Waals surface area (Å²) in [5.41, 5.74) is 8.07. The Kier molecular flexibility index (Phi) is 5.42. The average Bonchev–Trinajstić information content (AvgIpc) is 3.15. The third kappa shape index (κ3) is 3.91. The van der Waals surface area contributed by atoms with Gasteiger partial charge in [0.05, 0.1) is 11.3 Å². The summed E-state index contributed by atoms with van der Waals surface area (Å²) in [5.74, 6) is 1.89. The molecule has 24 heavy (non-hydrogen) atoms. The number of nitrogens with two attached hydrogens (primary N) is 1. The summed E-state index contributed by atoms with van der Waals surface area (Å²) < 4.78 is 0. The zero-order chi connectivity index (χ0) is 16.9. The third-order valence-corrected chi connectivity index (χ3v) is 5.22. The molecule has 1 saturated carbocycles. The molecule has 0 amide bonds. The molecule has 5 N–H and O–H groups in total. The van der Waals surface area contributed by atoms with E-state index in [9.17, 15) is 0 Å². The predicted octanol–water partition coefficient (Wildman–Crippen LogP) is 2.93. The number of anilines is 2. The van der Waals surface area contributed by atoms with Crippen LogP contribution in [0.25, 0.3) is 0 Å². The first-order chi connectivity index (χ1) is 11.7. The van der Waals surface area contributed by atoms with Crippen LogP contribution >= 0.6 is 11.3 Å². The van der Waals surface area contributed by atoms with Crippen LogP contribution in [0.3, 0.4) is 0 Å². The van der Waals surface area contributed by atoms with E-state index in [0.717, 1.165) is 49.2 Å². The number of aromatic nitrogens is 2. The van der Waals surface area contributed by atoms with Crippen LogP contribution in [-0.4, -0.2) is 35.3 Å². The number of thiophene rings is 1. The topological polar surface area (TPSA) is 99.7 Å². The maximum absolute atomic E-state index is 8.45. The Morgan fingerprint density at radius 2 is 2.17 bits per heavy atom. The van der Waals surface area contributed by atoms with Crippen molar-refractivity contribution in [2.75, 3.05) is 24.2 Å². The van der Waals surface area contributed by atoms with Gasteiger partial charge in [0.15, 0.2) is 0 Å². The van der Waals surface area contributed by atoms with E-state index >= 15 is 0 Å². The van der Waals surface area contributed by atoms with Gasteiger partial charge in [0.1, 0.15) is 5.82 Å². The van der Waals surface area contributed by atoms with Gasteiger partial charge in [-0.25, -0.2) is 4.98 Å². The smallest absolute Gasteiger partial charge is 0.224 e. The number of hydrogen-bond acceptors (Lipinski definition) is 7. The van der Waals surface area contributed by atoms with Crippen LogP contribution in [-0.2, 0) is 0 Å². The molecular formula is C17H24N6S. The molecule has 0 unspecified atom stereocenters. The first-order valence-electron chi connectivity index (χ1n) is 8.33. The van der Waals surface area contributed by atoms with Crippen molar-refractivity contribution in [3.63, 3.8) is 0 Å². The van der Waals surface area contributed by atoms with Gasteiger partial charge in [0.2, 0.25) is 5.95 Å². The molecule has 2 heterocycles. The molecule has 2 aromatic heterocycles. The van der Waals surface area contributed by atoms with Crippen molar-refractivity contribution in [2.45, 2.75) is 31.7 Å². The van der Waals surface area contributed by atoms with E-state index in [4.69, 9.17) is 11.1 Å². The lowest BCUT2D eigenvalue weighted by Gasteiger charge is -2.26. The summed E-state index contributed by atoms with van der Waals surface area (Å²) in [7, 11) is 1.80. The fourth-order valence-corrected chi connectivity index (χ4v) is 3.66. The molecule has 0 atom stereocenters. The zero-order valence-corrected chi connectivity index (χ0v) is 14.7. The van der Waals surface area contributed by atoms with Crippen molar-refractivity contribution >= 4 is 28.8 Å². The zero-order valence-electron chi connectivity index (χ0n) is 13.9. The fraction of sp³-hybridized carbons (Fsp3) is 0.471. The molecule has 1 fully saturated rings. The monoisotopic (exact) mass is 344 g/mol. The number of rotatable bonds is 6. The highest BCUT2D eigenvalue weighted by Gasteiger charge is 2.20.